The maximum atomic E-state index is 12.5. The van der Waals surface area contributed by atoms with Crippen molar-refractivity contribution < 1.29 is 19.7 Å². The van der Waals surface area contributed by atoms with Crippen LogP contribution in [0.25, 0.3) is 5.57 Å². The van der Waals surface area contributed by atoms with Crippen LogP contribution < -0.4 is 24.8 Å². The van der Waals surface area contributed by atoms with Gasteiger partial charge in [-0.15, -0.1) is 0 Å². The van der Waals surface area contributed by atoms with Gasteiger partial charge < -0.3 is 19.8 Å². The smallest absolute Gasteiger partial charge is 0.336 e. The van der Waals surface area contributed by atoms with E-state index < -0.39 is 12.1 Å². The molecule has 2 N–H and O–H groups in total. The number of carboxylic acids is 1. The summed E-state index contributed by atoms with van der Waals surface area (Å²) in [4.78, 5) is 15.0. The fourth-order valence-electron chi connectivity index (χ4n) is 7.72. The highest BCUT2D eigenvalue weighted by Crippen LogP contribution is 2.48. The number of anilines is 1. The van der Waals surface area contributed by atoms with E-state index in [1.807, 2.05) is 12.1 Å². The molecule has 0 fully saturated rings. The lowest BCUT2D eigenvalue weighted by molar-refractivity contribution is 0.0696. The lowest BCUT2D eigenvalue weighted by Crippen LogP contribution is -2.50. The van der Waals surface area contributed by atoms with E-state index >= 15 is 0 Å². The first kappa shape index (κ1) is 22.4. The molecule has 5 aliphatic heterocycles. The third-order valence-electron chi connectivity index (χ3n) is 9.13. The van der Waals surface area contributed by atoms with Gasteiger partial charge in [-0.1, -0.05) is 18.2 Å². The van der Waals surface area contributed by atoms with Gasteiger partial charge in [-0.25, -0.2) is 9.37 Å². The zero-order valence-corrected chi connectivity index (χ0v) is 21.4. The SMILES string of the molecule is O=C(O)c1ccccc1C1=c2cc3c4c(c2Oc2c1cc1c5c2CCCN5CCC1)C[C@H](O)C[N+]=4CCC3. The van der Waals surface area contributed by atoms with Crippen molar-refractivity contribution in [3.63, 3.8) is 0 Å². The maximum absolute atomic E-state index is 12.5. The van der Waals surface area contributed by atoms with E-state index in [9.17, 15) is 15.0 Å². The minimum Gasteiger partial charge on any atom is -0.478 e. The van der Waals surface area contributed by atoms with E-state index in [1.54, 1.807) is 12.1 Å². The molecule has 8 rings (SSSR count). The number of benzene rings is 3. The van der Waals surface area contributed by atoms with E-state index in [-0.39, 0.29) is 0 Å². The molecule has 5 aliphatic rings. The standard InChI is InChI=1S/C32H30N2O4/c35-20-16-26-29-19(7-4-13-34(29)17-20)15-25-27(21-8-1-2-9-22(21)32(36)37)24-14-18-6-3-11-33-12-5-10-23(28(18)33)30(24)38-31(25)26/h1-2,8-9,14-15,20,35H,3-7,10-13,16-17H2/p+1/t20-/m0/s1. The molecule has 0 saturated heterocycles. The molecule has 3 aromatic rings. The molecule has 0 radical (unpaired) electrons. The first-order valence-electron chi connectivity index (χ1n) is 14.0. The molecule has 3 aromatic carbocycles. The van der Waals surface area contributed by atoms with Crippen LogP contribution in [-0.2, 0) is 25.7 Å². The number of aromatic carboxylic acids is 1. The van der Waals surface area contributed by atoms with Crippen LogP contribution in [0.4, 0.5) is 5.69 Å². The Kier molecular flexibility index (Phi) is 4.81. The Morgan fingerprint density at radius 1 is 0.947 bits per heavy atom. The summed E-state index contributed by atoms with van der Waals surface area (Å²) < 4.78 is 9.31. The van der Waals surface area contributed by atoms with Crippen molar-refractivity contribution in [2.24, 2.45) is 0 Å². The first-order chi connectivity index (χ1) is 18.6. The van der Waals surface area contributed by atoms with Crippen LogP contribution in [0.2, 0.25) is 0 Å². The Bertz CT molecular complexity index is 1690. The van der Waals surface area contributed by atoms with Gasteiger partial charge in [0, 0.05) is 59.1 Å². The maximum Gasteiger partial charge on any atom is 0.336 e. The molecular formula is C32H31N2O4+. The lowest BCUT2D eigenvalue weighted by Gasteiger charge is -2.39. The second-order valence-corrected chi connectivity index (χ2v) is 11.4. The molecule has 0 spiro atoms. The van der Waals surface area contributed by atoms with Gasteiger partial charge in [-0.3, -0.25) is 0 Å². The molecule has 0 unspecified atom stereocenters. The Balaban J connectivity index is 1.54. The van der Waals surface area contributed by atoms with Gasteiger partial charge in [0.1, 0.15) is 24.1 Å². The number of aryl methyl sites for hydroxylation is 2. The summed E-state index contributed by atoms with van der Waals surface area (Å²) in [6.07, 6.45) is 6.34. The molecule has 5 heterocycles. The predicted octanol–water partition coefficient (Wildman–Crippen LogP) is 2.79. The molecule has 1 atom stereocenters. The summed E-state index contributed by atoms with van der Waals surface area (Å²) in [7, 11) is 0. The molecule has 192 valence electrons. The van der Waals surface area contributed by atoms with Crippen molar-refractivity contribution in [2.75, 3.05) is 31.1 Å². The molecule has 0 aliphatic carbocycles. The van der Waals surface area contributed by atoms with Crippen LogP contribution in [0, 0.1) is 0 Å². The monoisotopic (exact) mass is 507 g/mol. The van der Waals surface area contributed by atoms with Crippen LogP contribution in [0.1, 0.15) is 63.0 Å². The average molecular weight is 508 g/mol. The number of carboxylic acid groups (broad SMARTS) is 1. The van der Waals surface area contributed by atoms with Gasteiger partial charge in [0.2, 0.25) is 5.36 Å². The summed E-state index contributed by atoms with van der Waals surface area (Å²) in [6, 6.07) is 11.9. The fourth-order valence-corrected chi connectivity index (χ4v) is 7.72. The third-order valence-corrected chi connectivity index (χ3v) is 9.13. The molecule has 0 amide bonds. The number of carbonyl (C=O) groups is 1. The Morgan fingerprint density at radius 2 is 1.76 bits per heavy atom. The van der Waals surface area contributed by atoms with Gasteiger partial charge in [0.05, 0.1) is 11.1 Å². The summed E-state index contributed by atoms with van der Waals surface area (Å²) in [5, 5.41) is 23.3. The molecule has 0 saturated carbocycles. The second-order valence-electron chi connectivity index (χ2n) is 11.4. The van der Waals surface area contributed by atoms with E-state index in [0.717, 1.165) is 97.1 Å². The number of fused-ring (bicyclic) bond motifs is 4. The quantitative estimate of drug-likeness (QED) is 0.409. The van der Waals surface area contributed by atoms with Gasteiger partial charge in [-0.05, 0) is 61.4 Å². The minimum atomic E-state index is -0.922. The van der Waals surface area contributed by atoms with E-state index in [0.29, 0.717) is 18.5 Å². The van der Waals surface area contributed by atoms with E-state index in [4.69, 9.17) is 4.74 Å². The Hall–Kier alpha value is -3.64. The zero-order chi connectivity index (χ0) is 25.5. The second kappa shape index (κ2) is 8.18. The number of rotatable bonds is 2. The summed E-state index contributed by atoms with van der Waals surface area (Å²) >= 11 is 0. The highest BCUT2D eigenvalue weighted by molar-refractivity contribution is 5.99. The van der Waals surface area contributed by atoms with Gasteiger partial charge in [0.25, 0.3) is 0 Å². The average Bonchev–Trinajstić information content (AvgIpc) is 2.92. The van der Waals surface area contributed by atoms with Crippen molar-refractivity contribution >= 4 is 17.2 Å². The lowest BCUT2D eigenvalue weighted by atomic mass is 9.81. The normalized spacial score (nSPS) is 20.7. The van der Waals surface area contributed by atoms with E-state index in [2.05, 4.69) is 21.6 Å². The topological polar surface area (TPSA) is 73.0 Å². The summed E-state index contributed by atoms with van der Waals surface area (Å²) in [5.41, 5.74) is 9.31. The molecule has 6 heteroatoms. The molecular weight excluding hydrogens is 476 g/mol. The summed E-state index contributed by atoms with van der Waals surface area (Å²) in [6.45, 7) is 3.75. The Morgan fingerprint density at radius 3 is 2.63 bits per heavy atom. The van der Waals surface area contributed by atoms with Crippen molar-refractivity contribution in [3.05, 3.63) is 85.9 Å². The number of hydrogen-bond donors (Lipinski definition) is 2. The number of aliphatic hydroxyl groups is 1. The highest BCUT2D eigenvalue weighted by atomic mass is 16.5. The molecule has 0 bridgehead atoms. The highest BCUT2D eigenvalue weighted by Gasteiger charge is 2.37. The van der Waals surface area contributed by atoms with Crippen LogP contribution in [0.15, 0.2) is 36.4 Å². The largest absolute Gasteiger partial charge is 0.478 e. The first-order valence-corrected chi connectivity index (χ1v) is 14.0. The van der Waals surface area contributed by atoms with Crippen molar-refractivity contribution in [3.8, 4) is 11.5 Å². The van der Waals surface area contributed by atoms with Crippen LogP contribution in [0.5, 0.6) is 11.5 Å². The van der Waals surface area contributed by atoms with Crippen LogP contribution in [0.3, 0.4) is 0 Å². The minimum absolute atomic E-state index is 0.308. The van der Waals surface area contributed by atoms with Crippen molar-refractivity contribution in [1.82, 2.24) is 4.58 Å². The van der Waals surface area contributed by atoms with E-state index in [1.165, 1.54) is 27.7 Å². The molecule has 38 heavy (non-hydrogen) atoms. The third kappa shape index (κ3) is 3.10. The fraction of sp³-hybridized carbons (Fsp3) is 0.375. The van der Waals surface area contributed by atoms with Crippen molar-refractivity contribution in [1.29, 1.82) is 0 Å². The number of aliphatic hydroxyl groups excluding tert-OH is 1. The number of ether oxygens (including phenoxy) is 1. The summed E-state index contributed by atoms with van der Waals surface area (Å²) in [5.74, 6) is 0.770. The van der Waals surface area contributed by atoms with Gasteiger partial charge in [0.15, 0.2) is 6.54 Å². The predicted molar refractivity (Wildman–Crippen MR) is 145 cm³/mol. The van der Waals surface area contributed by atoms with Crippen LogP contribution >= 0.6 is 0 Å². The van der Waals surface area contributed by atoms with Crippen LogP contribution in [-0.4, -0.2) is 48.5 Å². The Labute approximate surface area is 221 Å². The number of nitrogens with zero attached hydrogens (tertiary/aromatic N) is 2. The van der Waals surface area contributed by atoms with Gasteiger partial charge >= 0.3 is 5.97 Å². The molecule has 0 aromatic heterocycles. The number of hydrogen-bond acceptors (Lipinski definition) is 4. The van der Waals surface area contributed by atoms with Gasteiger partial charge in [-0.2, -0.15) is 0 Å². The molecule has 6 nitrogen and oxygen atoms in total. The van der Waals surface area contributed by atoms with Crippen molar-refractivity contribution in [2.45, 2.75) is 51.0 Å². The zero-order valence-electron chi connectivity index (χ0n) is 21.4.